The van der Waals surface area contributed by atoms with E-state index in [-0.39, 0.29) is 5.56 Å². The number of aromatic amines is 1. The van der Waals surface area contributed by atoms with Crippen LogP contribution in [0.4, 0.5) is 0 Å². The summed E-state index contributed by atoms with van der Waals surface area (Å²) in [7, 11) is 0. The van der Waals surface area contributed by atoms with Gasteiger partial charge in [0.15, 0.2) is 0 Å². The van der Waals surface area contributed by atoms with Gasteiger partial charge < -0.3 is 9.84 Å². The zero-order chi connectivity index (χ0) is 18.5. The molecular formula is C17H19ClN4O4. The molecule has 0 spiro atoms. The second-order valence-electron chi connectivity index (χ2n) is 5.80. The minimum atomic E-state index is -0.750. The lowest BCUT2D eigenvalue weighted by Gasteiger charge is -2.25. The first-order valence-electron chi connectivity index (χ1n) is 8.20. The van der Waals surface area contributed by atoms with Gasteiger partial charge >= 0.3 is 5.69 Å². The van der Waals surface area contributed by atoms with Crippen molar-refractivity contribution in [3.05, 3.63) is 55.7 Å². The van der Waals surface area contributed by atoms with Gasteiger partial charge in [-0.25, -0.2) is 9.36 Å². The van der Waals surface area contributed by atoms with E-state index in [1.807, 2.05) is 0 Å². The Morgan fingerprint density at radius 2 is 2.08 bits per heavy atom. The normalized spacial score (nSPS) is 15.6. The number of H-pyrrole nitrogens is 1. The molecule has 2 heterocycles. The highest BCUT2D eigenvalue weighted by atomic mass is 35.5. The fourth-order valence-corrected chi connectivity index (χ4v) is 2.87. The van der Waals surface area contributed by atoms with Gasteiger partial charge in [0.25, 0.3) is 5.56 Å². The lowest BCUT2D eigenvalue weighted by Crippen LogP contribution is -2.37. The van der Waals surface area contributed by atoms with Crippen molar-refractivity contribution in [3.63, 3.8) is 0 Å². The maximum Gasteiger partial charge on any atom is 0.335 e. The molecule has 0 radical (unpaired) electrons. The monoisotopic (exact) mass is 378 g/mol. The van der Waals surface area contributed by atoms with Crippen LogP contribution in [0.1, 0.15) is 5.56 Å². The summed E-state index contributed by atoms with van der Waals surface area (Å²) in [6.45, 7) is 4.30. The number of aromatic nitrogens is 2. The number of aromatic hydroxyl groups is 1. The van der Waals surface area contributed by atoms with Crippen molar-refractivity contribution < 1.29 is 9.84 Å². The predicted molar refractivity (Wildman–Crippen MR) is 99.1 cm³/mol. The molecule has 0 bridgehead atoms. The summed E-state index contributed by atoms with van der Waals surface area (Å²) in [5.74, 6) is -0.476. The summed E-state index contributed by atoms with van der Waals surface area (Å²) in [6.07, 6.45) is 1.29. The van der Waals surface area contributed by atoms with Crippen LogP contribution in [0, 0.1) is 0 Å². The van der Waals surface area contributed by atoms with Crippen LogP contribution in [-0.2, 0) is 4.74 Å². The number of hydrogen-bond donors (Lipinski definition) is 2. The van der Waals surface area contributed by atoms with Gasteiger partial charge in [0.2, 0.25) is 5.88 Å². The number of morpholine rings is 1. The fraction of sp³-hybridized carbons (Fsp3) is 0.353. The first kappa shape index (κ1) is 18.4. The van der Waals surface area contributed by atoms with E-state index in [9.17, 15) is 14.7 Å². The van der Waals surface area contributed by atoms with Crippen LogP contribution < -0.4 is 11.2 Å². The van der Waals surface area contributed by atoms with Gasteiger partial charge in [-0.2, -0.15) is 0 Å². The van der Waals surface area contributed by atoms with Crippen LogP contribution in [0.25, 0.3) is 5.69 Å². The lowest BCUT2D eigenvalue weighted by atomic mass is 10.3. The maximum atomic E-state index is 12.1. The minimum Gasteiger partial charge on any atom is -0.493 e. The second-order valence-corrected chi connectivity index (χ2v) is 6.24. The molecule has 1 aromatic heterocycles. The van der Waals surface area contributed by atoms with Crippen molar-refractivity contribution in [2.24, 2.45) is 4.99 Å². The molecule has 0 saturated carbocycles. The number of nitrogens with one attached hydrogen (secondary N) is 1. The molecule has 26 heavy (non-hydrogen) atoms. The number of rotatable bonds is 5. The first-order chi connectivity index (χ1) is 12.6. The van der Waals surface area contributed by atoms with Crippen molar-refractivity contribution in [2.45, 2.75) is 0 Å². The summed E-state index contributed by atoms with van der Waals surface area (Å²) >= 11 is 5.94. The van der Waals surface area contributed by atoms with Gasteiger partial charge in [0.1, 0.15) is 5.56 Å². The number of halogens is 1. The Labute approximate surface area is 154 Å². The molecule has 1 aliphatic heterocycles. The quantitative estimate of drug-likeness (QED) is 0.743. The topological polar surface area (TPSA) is 99.9 Å². The van der Waals surface area contributed by atoms with Gasteiger partial charge in [0.05, 0.1) is 25.4 Å². The summed E-state index contributed by atoms with van der Waals surface area (Å²) in [6, 6.07) is 6.41. The van der Waals surface area contributed by atoms with Crippen molar-refractivity contribution in [3.8, 4) is 11.6 Å². The predicted octanol–water partition coefficient (Wildman–Crippen LogP) is 0.636. The van der Waals surface area contributed by atoms with Crippen molar-refractivity contribution in [2.75, 3.05) is 39.4 Å². The largest absolute Gasteiger partial charge is 0.493 e. The second kappa shape index (κ2) is 8.31. The van der Waals surface area contributed by atoms with E-state index in [0.717, 1.165) is 24.2 Å². The number of ether oxygens (including phenoxy) is 1. The molecule has 0 amide bonds. The zero-order valence-electron chi connectivity index (χ0n) is 14.0. The lowest BCUT2D eigenvalue weighted by molar-refractivity contribution is 0.0395. The molecular weight excluding hydrogens is 360 g/mol. The molecule has 1 aliphatic rings. The Kier molecular flexibility index (Phi) is 5.87. The number of aliphatic imine (C=N–C) groups is 1. The average Bonchev–Trinajstić information content (AvgIpc) is 2.61. The third-order valence-electron chi connectivity index (χ3n) is 4.06. The smallest absolute Gasteiger partial charge is 0.335 e. The number of nitrogens with zero attached hydrogens (tertiary/aromatic N) is 3. The molecule has 2 N–H and O–H groups in total. The molecule has 0 aliphatic carbocycles. The molecule has 3 rings (SSSR count). The molecule has 1 aromatic carbocycles. The van der Waals surface area contributed by atoms with E-state index < -0.39 is 17.1 Å². The third-order valence-corrected chi connectivity index (χ3v) is 4.29. The fourth-order valence-electron chi connectivity index (χ4n) is 2.69. The van der Waals surface area contributed by atoms with Crippen LogP contribution in [0.15, 0.2) is 38.8 Å². The zero-order valence-corrected chi connectivity index (χ0v) is 14.8. The van der Waals surface area contributed by atoms with Crippen LogP contribution >= 0.6 is 11.6 Å². The Morgan fingerprint density at radius 3 is 2.81 bits per heavy atom. The molecule has 1 fully saturated rings. The summed E-state index contributed by atoms with van der Waals surface area (Å²) in [5, 5.41) is 10.8. The highest BCUT2D eigenvalue weighted by Gasteiger charge is 2.14. The van der Waals surface area contributed by atoms with Gasteiger partial charge in [-0.15, -0.1) is 0 Å². The summed E-state index contributed by atoms with van der Waals surface area (Å²) < 4.78 is 6.26. The van der Waals surface area contributed by atoms with Crippen LogP contribution in [0.2, 0.25) is 5.02 Å². The SMILES string of the molecule is O=c1[nH]c(=O)n(-c2cccc(Cl)c2)c(O)c1C=NCCN1CCOCC1. The molecule has 1 saturated heterocycles. The summed E-state index contributed by atoms with van der Waals surface area (Å²) in [4.78, 5) is 32.7. The van der Waals surface area contributed by atoms with Gasteiger partial charge in [0, 0.05) is 30.9 Å². The standard InChI is InChI=1S/C17H19ClN4O4/c18-12-2-1-3-13(10-12)22-16(24)14(15(23)20-17(22)25)11-19-4-5-21-6-8-26-9-7-21/h1-3,10-11,24H,4-9H2,(H,20,23,25). The molecule has 8 nitrogen and oxygen atoms in total. The Morgan fingerprint density at radius 1 is 1.31 bits per heavy atom. The maximum absolute atomic E-state index is 12.1. The molecule has 138 valence electrons. The van der Waals surface area contributed by atoms with E-state index in [1.165, 1.54) is 12.3 Å². The van der Waals surface area contributed by atoms with Crippen molar-refractivity contribution >= 4 is 17.8 Å². The molecule has 0 unspecified atom stereocenters. The van der Waals surface area contributed by atoms with Crippen LogP contribution in [0.5, 0.6) is 5.88 Å². The van der Waals surface area contributed by atoms with Crippen LogP contribution in [-0.4, -0.2) is 65.2 Å². The first-order valence-corrected chi connectivity index (χ1v) is 8.58. The van der Waals surface area contributed by atoms with Crippen LogP contribution in [0.3, 0.4) is 0 Å². The number of hydrogen-bond acceptors (Lipinski definition) is 6. The highest BCUT2D eigenvalue weighted by Crippen LogP contribution is 2.18. The van der Waals surface area contributed by atoms with Crippen molar-refractivity contribution in [1.29, 1.82) is 0 Å². The molecule has 9 heteroatoms. The van der Waals surface area contributed by atoms with E-state index in [0.29, 0.717) is 30.5 Å². The molecule has 0 atom stereocenters. The Bertz CT molecular complexity index is 916. The highest BCUT2D eigenvalue weighted by molar-refractivity contribution is 6.30. The van der Waals surface area contributed by atoms with E-state index >= 15 is 0 Å². The minimum absolute atomic E-state index is 0.0773. The summed E-state index contributed by atoms with van der Waals surface area (Å²) in [5.41, 5.74) is -1.17. The Balaban J connectivity index is 1.83. The third kappa shape index (κ3) is 4.21. The van der Waals surface area contributed by atoms with Crippen molar-refractivity contribution in [1.82, 2.24) is 14.5 Å². The number of benzene rings is 1. The molecule has 2 aromatic rings. The van der Waals surface area contributed by atoms with E-state index in [1.54, 1.807) is 18.2 Å². The van der Waals surface area contributed by atoms with E-state index in [4.69, 9.17) is 16.3 Å². The average molecular weight is 379 g/mol. The van der Waals surface area contributed by atoms with E-state index in [2.05, 4.69) is 14.9 Å². The van der Waals surface area contributed by atoms with Gasteiger partial charge in [-0.3, -0.25) is 19.7 Å². The van der Waals surface area contributed by atoms with Gasteiger partial charge in [-0.05, 0) is 18.2 Å². The van der Waals surface area contributed by atoms with Gasteiger partial charge in [-0.1, -0.05) is 17.7 Å². The Hall–Kier alpha value is -2.42.